The van der Waals surface area contributed by atoms with E-state index in [-0.39, 0.29) is 0 Å². The van der Waals surface area contributed by atoms with Crippen LogP contribution < -0.4 is 5.32 Å². The van der Waals surface area contributed by atoms with E-state index in [9.17, 15) is 0 Å². The standard InChI is InChI=1S/C12H28N2/c1-6-11(4)12(13-5)9-10-14(7-2)8-3/h11-13H,6-10H2,1-5H3. The van der Waals surface area contributed by atoms with Crippen LogP contribution in [-0.4, -0.2) is 37.6 Å². The number of nitrogens with zero attached hydrogens (tertiary/aromatic N) is 1. The van der Waals surface area contributed by atoms with E-state index >= 15 is 0 Å². The fourth-order valence-electron chi connectivity index (χ4n) is 1.86. The average Bonchev–Trinajstić information content (AvgIpc) is 2.24. The Labute approximate surface area is 90.1 Å². The molecular weight excluding hydrogens is 172 g/mol. The quantitative estimate of drug-likeness (QED) is 0.647. The predicted molar refractivity (Wildman–Crippen MR) is 64.7 cm³/mol. The van der Waals surface area contributed by atoms with Gasteiger partial charge in [0.25, 0.3) is 0 Å². The van der Waals surface area contributed by atoms with E-state index in [1.165, 1.54) is 32.5 Å². The molecule has 0 saturated carbocycles. The fourth-order valence-corrected chi connectivity index (χ4v) is 1.86. The Kier molecular flexibility index (Phi) is 8.20. The predicted octanol–water partition coefficient (Wildman–Crippen LogP) is 2.35. The summed E-state index contributed by atoms with van der Waals surface area (Å²) in [5.41, 5.74) is 0. The second kappa shape index (κ2) is 8.25. The summed E-state index contributed by atoms with van der Waals surface area (Å²) in [4.78, 5) is 2.49. The van der Waals surface area contributed by atoms with Crippen LogP contribution >= 0.6 is 0 Å². The van der Waals surface area contributed by atoms with Crippen molar-refractivity contribution in [3.05, 3.63) is 0 Å². The van der Waals surface area contributed by atoms with Gasteiger partial charge < -0.3 is 10.2 Å². The molecule has 0 aromatic heterocycles. The molecule has 0 heterocycles. The Morgan fingerprint density at radius 2 is 1.71 bits per heavy atom. The smallest absolute Gasteiger partial charge is 0.0102 e. The van der Waals surface area contributed by atoms with Crippen LogP contribution in [0.1, 0.15) is 40.5 Å². The summed E-state index contributed by atoms with van der Waals surface area (Å²) in [6.07, 6.45) is 2.54. The van der Waals surface area contributed by atoms with Gasteiger partial charge in [-0.3, -0.25) is 0 Å². The summed E-state index contributed by atoms with van der Waals surface area (Å²) in [7, 11) is 2.08. The molecular formula is C12H28N2. The molecule has 2 atom stereocenters. The Morgan fingerprint density at radius 1 is 1.14 bits per heavy atom. The minimum Gasteiger partial charge on any atom is -0.317 e. The lowest BCUT2D eigenvalue weighted by Gasteiger charge is -2.26. The molecule has 1 N–H and O–H groups in total. The highest BCUT2D eigenvalue weighted by Gasteiger charge is 2.13. The molecule has 0 fully saturated rings. The van der Waals surface area contributed by atoms with E-state index in [0.29, 0.717) is 6.04 Å². The third kappa shape index (κ3) is 4.97. The van der Waals surface area contributed by atoms with Gasteiger partial charge in [-0.05, 0) is 39.0 Å². The lowest BCUT2D eigenvalue weighted by Crippen LogP contribution is -2.36. The number of hydrogen-bond donors (Lipinski definition) is 1. The highest BCUT2D eigenvalue weighted by atomic mass is 15.1. The van der Waals surface area contributed by atoms with Gasteiger partial charge in [-0.2, -0.15) is 0 Å². The summed E-state index contributed by atoms with van der Waals surface area (Å²) in [6, 6.07) is 0.681. The first kappa shape index (κ1) is 13.9. The molecule has 2 unspecified atom stereocenters. The van der Waals surface area contributed by atoms with Crippen LogP contribution in [0.4, 0.5) is 0 Å². The first-order chi connectivity index (χ1) is 6.69. The van der Waals surface area contributed by atoms with Gasteiger partial charge in [0.2, 0.25) is 0 Å². The Balaban J connectivity index is 3.81. The topological polar surface area (TPSA) is 15.3 Å². The van der Waals surface area contributed by atoms with Gasteiger partial charge >= 0.3 is 0 Å². The molecule has 0 aromatic rings. The normalized spacial score (nSPS) is 15.9. The van der Waals surface area contributed by atoms with Crippen LogP contribution in [-0.2, 0) is 0 Å². The van der Waals surface area contributed by atoms with Crippen LogP contribution in [0.2, 0.25) is 0 Å². The Hall–Kier alpha value is -0.0800. The van der Waals surface area contributed by atoms with Gasteiger partial charge in [0, 0.05) is 6.04 Å². The molecule has 14 heavy (non-hydrogen) atoms. The van der Waals surface area contributed by atoms with Crippen molar-refractivity contribution in [2.24, 2.45) is 5.92 Å². The molecule has 0 rings (SSSR count). The maximum atomic E-state index is 3.43. The molecule has 0 saturated heterocycles. The van der Waals surface area contributed by atoms with Crippen molar-refractivity contribution in [3.63, 3.8) is 0 Å². The maximum Gasteiger partial charge on any atom is 0.0102 e. The van der Waals surface area contributed by atoms with E-state index in [2.05, 4.69) is 45.0 Å². The van der Waals surface area contributed by atoms with Crippen LogP contribution in [0.25, 0.3) is 0 Å². The van der Waals surface area contributed by atoms with E-state index < -0.39 is 0 Å². The molecule has 0 aliphatic rings. The summed E-state index contributed by atoms with van der Waals surface area (Å²) in [5, 5.41) is 3.43. The minimum atomic E-state index is 0.681. The van der Waals surface area contributed by atoms with Crippen molar-refractivity contribution in [1.82, 2.24) is 10.2 Å². The van der Waals surface area contributed by atoms with Crippen LogP contribution in [0.15, 0.2) is 0 Å². The first-order valence-electron chi connectivity index (χ1n) is 6.09. The van der Waals surface area contributed by atoms with Crippen molar-refractivity contribution in [1.29, 1.82) is 0 Å². The van der Waals surface area contributed by atoms with Crippen LogP contribution in [0, 0.1) is 5.92 Å². The molecule has 0 amide bonds. The summed E-state index contributed by atoms with van der Waals surface area (Å²) < 4.78 is 0. The van der Waals surface area contributed by atoms with Gasteiger partial charge in [-0.1, -0.05) is 34.1 Å². The SMILES string of the molecule is CCC(C)C(CCN(CC)CC)NC. The van der Waals surface area contributed by atoms with Crippen LogP contribution in [0.5, 0.6) is 0 Å². The summed E-state index contributed by atoms with van der Waals surface area (Å²) >= 11 is 0. The zero-order valence-corrected chi connectivity index (χ0v) is 10.6. The molecule has 0 aliphatic carbocycles. The van der Waals surface area contributed by atoms with E-state index in [4.69, 9.17) is 0 Å². The molecule has 0 spiro atoms. The van der Waals surface area contributed by atoms with Crippen molar-refractivity contribution in [2.75, 3.05) is 26.7 Å². The summed E-state index contributed by atoms with van der Waals surface area (Å²) in [5.74, 6) is 0.788. The third-order valence-electron chi connectivity index (χ3n) is 3.35. The highest BCUT2D eigenvalue weighted by Crippen LogP contribution is 2.11. The Morgan fingerprint density at radius 3 is 2.07 bits per heavy atom. The van der Waals surface area contributed by atoms with Gasteiger partial charge in [-0.25, -0.2) is 0 Å². The fraction of sp³-hybridized carbons (Fsp3) is 1.00. The molecule has 0 aromatic carbocycles. The maximum absolute atomic E-state index is 3.43. The van der Waals surface area contributed by atoms with Gasteiger partial charge in [0.1, 0.15) is 0 Å². The second-order valence-corrected chi connectivity index (χ2v) is 4.10. The largest absolute Gasteiger partial charge is 0.317 e. The van der Waals surface area contributed by atoms with Crippen molar-refractivity contribution in [2.45, 2.75) is 46.6 Å². The summed E-state index contributed by atoms with van der Waals surface area (Å²) in [6.45, 7) is 12.7. The number of nitrogens with one attached hydrogen (secondary N) is 1. The minimum absolute atomic E-state index is 0.681. The lowest BCUT2D eigenvalue weighted by molar-refractivity contribution is 0.261. The lowest BCUT2D eigenvalue weighted by atomic mass is 9.96. The molecule has 0 aliphatic heterocycles. The average molecular weight is 200 g/mol. The van der Waals surface area contributed by atoms with Gasteiger partial charge in [-0.15, -0.1) is 0 Å². The van der Waals surface area contributed by atoms with Crippen molar-refractivity contribution < 1.29 is 0 Å². The molecule has 0 bridgehead atoms. The second-order valence-electron chi connectivity index (χ2n) is 4.10. The van der Waals surface area contributed by atoms with Gasteiger partial charge in [0.15, 0.2) is 0 Å². The molecule has 0 radical (unpaired) electrons. The molecule has 86 valence electrons. The first-order valence-corrected chi connectivity index (χ1v) is 6.09. The Bertz CT molecular complexity index is 121. The van der Waals surface area contributed by atoms with E-state index in [1.807, 2.05) is 0 Å². The monoisotopic (exact) mass is 200 g/mol. The molecule has 2 nitrogen and oxygen atoms in total. The van der Waals surface area contributed by atoms with Gasteiger partial charge in [0.05, 0.1) is 0 Å². The van der Waals surface area contributed by atoms with E-state index in [1.54, 1.807) is 0 Å². The zero-order chi connectivity index (χ0) is 11.0. The molecule has 2 heteroatoms. The number of rotatable bonds is 8. The van der Waals surface area contributed by atoms with Crippen molar-refractivity contribution in [3.8, 4) is 0 Å². The highest BCUT2D eigenvalue weighted by molar-refractivity contribution is 4.72. The number of hydrogen-bond acceptors (Lipinski definition) is 2. The van der Waals surface area contributed by atoms with E-state index in [0.717, 1.165) is 5.92 Å². The van der Waals surface area contributed by atoms with Crippen LogP contribution in [0.3, 0.4) is 0 Å². The zero-order valence-electron chi connectivity index (χ0n) is 10.6. The third-order valence-corrected chi connectivity index (χ3v) is 3.35. The van der Waals surface area contributed by atoms with Crippen molar-refractivity contribution >= 4 is 0 Å².